The fourth-order valence-electron chi connectivity index (χ4n) is 4.44. The van der Waals surface area contributed by atoms with E-state index in [0.29, 0.717) is 32.7 Å². The van der Waals surface area contributed by atoms with Gasteiger partial charge >= 0.3 is 0 Å². The van der Waals surface area contributed by atoms with Gasteiger partial charge < -0.3 is 30.7 Å². The average molecular weight is 555 g/mol. The third kappa shape index (κ3) is 11.4. The van der Waals surface area contributed by atoms with Crippen molar-refractivity contribution >= 4 is 18.2 Å². The first kappa shape index (κ1) is 32.8. The Morgan fingerprint density at radius 2 is 1.77 bits per heavy atom. The second-order valence-electron chi connectivity index (χ2n) is 10.1. The zero-order valence-corrected chi connectivity index (χ0v) is 24.3. The Kier molecular flexibility index (Phi) is 14.8. The molecule has 0 radical (unpaired) electrons. The van der Waals surface area contributed by atoms with E-state index in [-0.39, 0.29) is 17.7 Å². The summed E-state index contributed by atoms with van der Waals surface area (Å²) >= 11 is 0. The molecule has 1 aliphatic rings. The molecule has 4 N–H and O–H groups in total. The highest BCUT2D eigenvalue weighted by Crippen LogP contribution is 2.33. The number of amides is 3. The van der Waals surface area contributed by atoms with Crippen molar-refractivity contribution in [3.63, 3.8) is 0 Å². The minimum atomic E-state index is -0.980. The molecule has 9 nitrogen and oxygen atoms in total. The van der Waals surface area contributed by atoms with Gasteiger partial charge in [0.05, 0.1) is 12.1 Å². The molecule has 40 heavy (non-hydrogen) atoms. The van der Waals surface area contributed by atoms with E-state index in [1.165, 1.54) is 17.4 Å². The van der Waals surface area contributed by atoms with Crippen LogP contribution in [0.15, 0.2) is 54.6 Å². The lowest BCUT2D eigenvalue weighted by Crippen LogP contribution is -2.57. The van der Waals surface area contributed by atoms with Crippen LogP contribution >= 0.6 is 0 Å². The number of benzene rings is 2. The summed E-state index contributed by atoms with van der Waals surface area (Å²) in [7, 11) is 1.57. The second kappa shape index (κ2) is 18.0. The van der Waals surface area contributed by atoms with Crippen LogP contribution in [0.3, 0.4) is 0 Å². The van der Waals surface area contributed by atoms with Gasteiger partial charge in [0, 0.05) is 26.7 Å². The number of aryl methyl sites for hydroxylation is 2. The van der Waals surface area contributed by atoms with E-state index in [4.69, 9.17) is 4.74 Å². The van der Waals surface area contributed by atoms with Crippen LogP contribution in [-0.2, 0) is 20.8 Å². The van der Waals surface area contributed by atoms with Crippen molar-refractivity contribution in [2.75, 3.05) is 33.3 Å². The predicted molar refractivity (Wildman–Crippen MR) is 157 cm³/mol. The monoisotopic (exact) mass is 554 g/mol. The molecule has 0 aliphatic heterocycles. The summed E-state index contributed by atoms with van der Waals surface area (Å²) < 4.78 is 5.96. The number of carbonyl (C=O) groups is 3. The number of nitrogens with one attached hydrogen (secondary N) is 3. The van der Waals surface area contributed by atoms with E-state index in [1.54, 1.807) is 14.0 Å². The molecule has 0 bridgehead atoms. The molecule has 2 aromatic carbocycles. The molecular formula is C31H46N4O5. The number of hydrogen-bond acceptors (Lipinski definition) is 6. The summed E-state index contributed by atoms with van der Waals surface area (Å²) in [6, 6.07) is 16.7. The van der Waals surface area contributed by atoms with Gasteiger partial charge in [0.25, 0.3) is 0 Å². The van der Waals surface area contributed by atoms with Crippen LogP contribution < -0.4 is 20.7 Å². The summed E-state index contributed by atoms with van der Waals surface area (Å²) in [5.41, 5.74) is 2.39. The van der Waals surface area contributed by atoms with Crippen molar-refractivity contribution in [2.45, 2.75) is 64.6 Å². The number of aliphatic hydroxyl groups is 1. The Hall–Kier alpha value is -3.43. The Morgan fingerprint density at radius 3 is 2.35 bits per heavy atom. The predicted octanol–water partition coefficient (Wildman–Crippen LogP) is 2.45. The van der Waals surface area contributed by atoms with Gasteiger partial charge in [0.1, 0.15) is 18.4 Å². The smallest absolute Gasteiger partial charge is 0.245 e. The van der Waals surface area contributed by atoms with Crippen LogP contribution in [0.25, 0.3) is 0 Å². The third-order valence-corrected chi connectivity index (χ3v) is 6.69. The van der Waals surface area contributed by atoms with E-state index in [0.717, 1.165) is 37.0 Å². The minimum Gasteiger partial charge on any atom is -0.492 e. The van der Waals surface area contributed by atoms with Gasteiger partial charge in [0.15, 0.2) is 0 Å². The van der Waals surface area contributed by atoms with Crippen molar-refractivity contribution in [3.05, 3.63) is 65.7 Å². The maximum atomic E-state index is 13.2. The molecule has 2 aromatic rings. The number of aliphatic hydroxyl groups excluding tert-OH is 1. The molecule has 3 amide bonds. The standard InChI is InChI=1S/C24H38N4O5.C7H8/c1-4-26-23(31)22(17(2)30)28(3)24(32)21(19-11-12-19)27-14-15-33-20-10-6-5-8-18(20)9-7-13-25-16-29;1-7-5-3-2-4-6-7/h5-6,8,10,16-17,19,21-22,27,30H,4,7,9,11-15H2,1-3H3,(H,25,29)(H,26,31);2-6H,1H3. The average Bonchev–Trinajstić information content (AvgIpc) is 3.77. The SMILES string of the molecule is CCNC(=O)C(C(C)O)N(C)C(=O)C(NCCOc1ccccc1CCCNC=O)C1CC1.Cc1ccccc1. The zero-order valence-electron chi connectivity index (χ0n) is 24.3. The molecule has 3 atom stereocenters. The van der Waals surface area contributed by atoms with Crippen molar-refractivity contribution in [2.24, 2.45) is 5.92 Å². The Balaban J connectivity index is 0.000000693. The first-order valence-corrected chi connectivity index (χ1v) is 14.1. The van der Waals surface area contributed by atoms with Crippen LogP contribution in [0.5, 0.6) is 5.75 Å². The number of nitrogens with zero attached hydrogens (tertiary/aromatic N) is 1. The van der Waals surface area contributed by atoms with Crippen molar-refractivity contribution in [1.82, 2.24) is 20.9 Å². The lowest BCUT2D eigenvalue weighted by molar-refractivity contribution is -0.144. The minimum absolute atomic E-state index is 0.197. The number of ether oxygens (including phenoxy) is 1. The zero-order chi connectivity index (χ0) is 29.3. The van der Waals surface area contributed by atoms with Gasteiger partial charge in [-0.2, -0.15) is 0 Å². The molecule has 0 spiro atoms. The summed E-state index contributed by atoms with van der Waals surface area (Å²) in [6.07, 6.45) is 3.23. The summed E-state index contributed by atoms with van der Waals surface area (Å²) in [5, 5.41) is 18.8. The van der Waals surface area contributed by atoms with Crippen molar-refractivity contribution < 1.29 is 24.2 Å². The molecule has 0 aromatic heterocycles. The molecular weight excluding hydrogens is 508 g/mol. The quantitative estimate of drug-likeness (QED) is 0.187. The first-order chi connectivity index (χ1) is 19.3. The molecule has 220 valence electrons. The normalized spacial score (nSPS) is 14.5. The van der Waals surface area contributed by atoms with Gasteiger partial charge in [-0.3, -0.25) is 14.4 Å². The molecule has 3 rings (SSSR count). The van der Waals surface area contributed by atoms with Crippen LogP contribution in [0.1, 0.15) is 44.2 Å². The Labute approximate surface area is 238 Å². The maximum Gasteiger partial charge on any atom is 0.245 e. The van der Waals surface area contributed by atoms with Gasteiger partial charge in [-0.25, -0.2) is 0 Å². The highest BCUT2D eigenvalue weighted by Gasteiger charge is 2.40. The third-order valence-electron chi connectivity index (χ3n) is 6.69. The van der Waals surface area contributed by atoms with Crippen LogP contribution in [0.4, 0.5) is 0 Å². The van der Waals surface area contributed by atoms with E-state index >= 15 is 0 Å². The molecule has 3 unspecified atom stereocenters. The van der Waals surface area contributed by atoms with Gasteiger partial charge in [-0.15, -0.1) is 0 Å². The molecule has 9 heteroatoms. The van der Waals surface area contributed by atoms with Crippen LogP contribution in [0, 0.1) is 12.8 Å². The molecule has 1 saturated carbocycles. The molecule has 1 aliphatic carbocycles. The van der Waals surface area contributed by atoms with Crippen molar-refractivity contribution in [1.29, 1.82) is 0 Å². The summed E-state index contributed by atoms with van der Waals surface area (Å²) in [6.45, 7) is 7.31. The molecule has 1 fully saturated rings. The van der Waals surface area contributed by atoms with Crippen LogP contribution in [-0.4, -0.2) is 79.7 Å². The number of carbonyl (C=O) groups excluding carboxylic acids is 3. The number of likely N-dealkylation sites (N-methyl/N-ethyl adjacent to an activating group) is 2. The molecule has 0 saturated heterocycles. The highest BCUT2D eigenvalue weighted by molar-refractivity contribution is 5.90. The Morgan fingerprint density at radius 1 is 1.10 bits per heavy atom. The van der Waals surface area contributed by atoms with E-state index in [1.807, 2.05) is 42.5 Å². The van der Waals surface area contributed by atoms with Gasteiger partial charge in [0.2, 0.25) is 18.2 Å². The number of hydrogen-bond donors (Lipinski definition) is 4. The Bertz CT molecular complexity index is 1030. The highest BCUT2D eigenvalue weighted by atomic mass is 16.5. The number of rotatable bonds is 16. The fraction of sp³-hybridized carbons (Fsp3) is 0.516. The van der Waals surface area contributed by atoms with Gasteiger partial charge in [-0.05, 0) is 64.0 Å². The molecule has 0 heterocycles. The lowest BCUT2D eigenvalue weighted by Gasteiger charge is -2.32. The lowest BCUT2D eigenvalue weighted by atomic mass is 10.1. The summed E-state index contributed by atoms with van der Waals surface area (Å²) in [4.78, 5) is 37.3. The fourth-order valence-corrected chi connectivity index (χ4v) is 4.44. The van der Waals surface area contributed by atoms with Gasteiger partial charge in [-0.1, -0.05) is 54.1 Å². The number of para-hydroxylation sites is 1. The maximum absolute atomic E-state index is 13.2. The van der Waals surface area contributed by atoms with E-state index in [9.17, 15) is 19.5 Å². The largest absolute Gasteiger partial charge is 0.492 e. The first-order valence-electron chi connectivity index (χ1n) is 14.1. The second-order valence-corrected chi connectivity index (χ2v) is 10.1. The van der Waals surface area contributed by atoms with Crippen LogP contribution in [0.2, 0.25) is 0 Å². The van der Waals surface area contributed by atoms with E-state index < -0.39 is 18.2 Å². The topological polar surface area (TPSA) is 120 Å². The summed E-state index contributed by atoms with van der Waals surface area (Å²) in [5.74, 6) is 0.461. The van der Waals surface area contributed by atoms with Crippen molar-refractivity contribution in [3.8, 4) is 5.75 Å². The van der Waals surface area contributed by atoms with E-state index in [2.05, 4.69) is 35.0 Å².